The summed E-state index contributed by atoms with van der Waals surface area (Å²) in [5.74, 6) is 1.96. The van der Waals surface area contributed by atoms with Crippen molar-refractivity contribution in [1.29, 1.82) is 0 Å². The highest BCUT2D eigenvalue weighted by molar-refractivity contribution is 7.26. The second kappa shape index (κ2) is 13.9. The van der Waals surface area contributed by atoms with Gasteiger partial charge in [0, 0.05) is 76.4 Å². The first-order valence-electron chi connectivity index (χ1n) is 21.3. The second-order valence-electron chi connectivity index (χ2n) is 16.2. The van der Waals surface area contributed by atoms with Crippen LogP contribution in [0.25, 0.3) is 116 Å². The maximum Gasteiger partial charge on any atom is 0.166 e. The highest BCUT2D eigenvalue weighted by atomic mass is 32.1. The summed E-state index contributed by atoms with van der Waals surface area (Å²) in [5, 5.41) is 6.15. The molecule has 0 spiro atoms. The molecule has 0 bridgehead atoms. The molecule has 13 rings (SSSR count). The number of hydrogen-bond acceptors (Lipinski definition) is 4. The number of allylic oxidation sites excluding steroid dienone is 5. The zero-order valence-corrected chi connectivity index (χ0v) is 34.5. The van der Waals surface area contributed by atoms with Crippen molar-refractivity contribution < 1.29 is 0 Å². The van der Waals surface area contributed by atoms with Gasteiger partial charge in [0.25, 0.3) is 0 Å². The minimum atomic E-state index is 0.644. The molecule has 0 saturated carbocycles. The largest absolute Gasteiger partial charge is 0.311 e. The number of para-hydroxylation sites is 3. The zero-order valence-electron chi connectivity index (χ0n) is 33.7. The smallest absolute Gasteiger partial charge is 0.166 e. The molecule has 2 aliphatic rings. The van der Waals surface area contributed by atoms with Crippen LogP contribution in [0, 0.1) is 0 Å². The fourth-order valence-electron chi connectivity index (χ4n) is 9.91. The van der Waals surface area contributed by atoms with Crippen LogP contribution in [0.3, 0.4) is 0 Å². The Morgan fingerprint density at radius 3 is 2.02 bits per heavy atom. The molecular weight excluding hydrogens is 775 g/mol. The normalized spacial score (nSPS) is 13.6. The van der Waals surface area contributed by atoms with Crippen molar-refractivity contribution in [3.63, 3.8) is 0 Å². The number of aromatic nitrogens is 5. The molecule has 0 N–H and O–H groups in total. The zero-order chi connectivity index (χ0) is 40.7. The number of nitrogens with zero attached hydrogens (tertiary/aromatic N) is 5. The predicted octanol–water partition coefficient (Wildman–Crippen LogP) is 14.7. The fraction of sp³-hybridized carbons (Fsp3) is 0.0536. The Balaban J connectivity index is 1.10. The molecule has 6 heteroatoms. The summed E-state index contributed by atoms with van der Waals surface area (Å²) in [6, 6.07) is 56.5. The second-order valence-corrected chi connectivity index (χ2v) is 17.2. The summed E-state index contributed by atoms with van der Waals surface area (Å²) in [5.41, 5.74) is 13.8. The summed E-state index contributed by atoms with van der Waals surface area (Å²) in [6.07, 6.45) is 14.1. The average molecular weight is 812 g/mol. The third kappa shape index (κ3) is 5.36. The SMILES string of the molecule is C1=CCC(n2c3ccccc3c3cccc(-n4c5c(c6cccc(-c7nc(-c8ccc(-c9ccccc9)cc8)nc(-c8cccc9c8sc8ccccc89)n7)c64)C=CCC5)c32)=C1. The Labute approximate surface area is 361 Å². The maximum atomic E-state index is 5.48. The van der Waals surface area contributed by atoms with E-state index in [0.29, 0.717) is 17.5 Å². The van der Waals surface area contributed by atoms with Crippen LogP contribution in [0.15, 0.2) is 182 Å². The third-order valence-corrected chi connectivity index (χ3v) is 13.9. The molecule has 4 aromatic heterocycles. The lowest BCUT2D eigenvalue weighted by Crippen LogP contribution is -2.07. The summed E-state index contributed by atoms with van der Waals surface area (Å²) in [7, 11) is 0. The molecule has 4 heterocycles. The molecule has 0 aliphatic heterocycles. The first-order chi connectivity index (χ1) is 30.8. The summed E-state index contributed by atoms with van der Waals surface area (Å²) < 4.78 is 7.45. The molecule has 0 radical (unpaired) electrons. The van der Waals surface area contributed by atoms with Crippen molar-refractivity contribution in [3.8, 4) is 51.0 Å². The highest BCUT2D eigenvalue weighted by Gasteiger charge is 2.27. The van der Waals surface area contributed by atoms with Crippen LogP contribution in [-0.2, 0) is 6.42 Å². The molecule has 292 valence electrons. The standard InChI is InChI=1S/C56H37N5S/c1-2-15-35(16-3-1)36-31-33-37(34-32-36)54-57-55(59-56(58-54)46-26-13-24-44-41-21-8-11-30-50(41)62-53(44)46)45-25-12-22-42-39-19-7-10-28-48(39)61(51(42)45)49-29-14-23-43-40-20-6-9-27-47(40)60(52(43)49)38-17-4-5-18-38/h1-9,11-17,19-27,29-34H,10,18,28H2. The number of benzene rings is 7. The lowest BCUT2D eigenvalue weighted by molar-refractivity contribution is 0.889. The van der Waals surface area contributed by atoms with E-state index >= 15 is 0 Å². The molecule has 0 fully saturated rings. The van der Waals surface area contributed by atoms with Crippen molar-refractivity contribution in [2.45, 2.75) is 19.3 Å². The van der Waals surface area contributed by atoms with Crippen LogP contribution >= 0.6 is 11.3 Å². The van der Waals surface area contributed by atoms with Gasteiger partial charge in [0.1, 0.15) is 0 Å². The van der Waals surface area contributed by atoms with Crippen LogP contribution in [0.1, 0.15) is 24.1 Å². The molecule has 11 aromatic rings. The van der Waals surface area contributed by atoms with Crippen molar-refractivity contribution in [2.75, 3.05) is 0 Å². The third-order valence-electron chi connectivity index (χ3n) is 12.7. The molecule has 62 heavy (non-hydrogen) atoms. The van der Waals surface area contributed by atoms with E-state index in [1.54, 1.807) is 11.3 Å². The Hall–Kier alpha value is -7.67. The van der Waals surface area contributed by atoms with Gasteiger partial charge in [-0.15, -0.1) is 11.3 Å². The van der Waals surface area contributed by atoms with E-state index in [2.05, 4.69) is 197 Å². The van der Waals surface area contributed by atoms with Crippen LogP contribution in [0.5, 0.6) is 0 Å². The summed E-state index contributed by atoms with van der Waals surface area (Å²) in [6.45, 7) is 0. The van der Waals surface area contributed by atoms with Gasteiger partial charge >= 0.3 is 0 Å². The fourth-order valence-corrected chi connectivity index (χ4v) is 11.1. The predicted molar refractivity (Wildman–Crippen MR) is 260 cm³/mol. The Morgan fingerprint density at radius 2 is 1.16 bits per heavy atom. The summed E-state index contributed by atoms with van der Waals surface area (Å²) in [4.78, 5) is 16.2. The lowest BCUT2D eigenvalue weighted by Gasteiger charge is -2.18. The van der Waals surface area contributed by atoms with Crippen LogP contribution < -0.4 is 0 Å². The van der Waals surface area contributed by atoms with Gasteiger partial charge in [-0.05, 0) is 60.4 Å². The van der Waals surface area contributed by atoms with Gasteiger partial charge in [-0.2, -0.15) is 0 Å². The van der Waals surface area contributed by atoms with E-state index in [4.69, 9.17) is 15.0 Å². The molecule has 2 aliphatic carbocycles. The topological polar surface area (TPSA) is 48.5 Å². The number of fused-ring (bicyclic) bond motifs is 9. The first kappa shape index (κ1) is 35.1. The van der Waals surface area contributed by atoms with Crippen molar-refractivity contribution >= 4 is 76.0 Å². The molecule has 7 aromatic carbocycles. The number of rotatable bonds is 6. The van der Waals surface area contributed by atoms with E-state index in [0.717, 1.165) is 52.7 Å². The molecule has 0 atom stereocenters. The highest BCUT2D eigenvalue weighted by Crippen LogP contribution is 2.44. The summed E-state index contributed by atoms with van der Waals surface area (Å²) >= 11 is 1.80. The monoisotopic (exact) mass is 811 g/mol. The van der Waals surface area contributed by atoms with Gasteiger partial charge in [-0.3, -0.25) is 0 Å². The quantitative estimate of drug-likeness (QED) is 0.168. The maximum absolute atomic E-state index is 5.48. The van der Waals surface area contributed by atoms with Crippen LogP contribution in [0.2, 0.25) is 0 Å². The minimum absolute atomic E-state index is 0.644. The van der Waals surface area contributed by atoms with Crippen molar-refractivity contribution in [3.05, 3.63) is 193 Å². The van der Waals surface area contributed by atoms with Crippen molar-refractivity contribution in [1.82, 2.24) is 24.1 Å². The average Bonchev–Trinajstić information content (AvgIpc) is 4.15. The van der Waals surface area contributed by atoms with Gasteiger partial charge in [0.15, 0.2) is 17.5 Å². The van der Waals surface area contributed by atoms with Gasteiger partial charge in [-0.25, -0.2) is 15.0 Å². The minimum Gasteiger partial charge on any atom is -0.311 e. The van der Waals surface area contributed by atoms with E-state index in [1.165, 1.54) is 69.9 Å². The van der Waals surface area contributed by atoms with Gasteiger partial charge < -0.3 is 9.13 Å². The van der Waals surface area contributed by atoms with E-state index in [-0.39, 0.29) is 0 Å². The van der Waals surface area contributed by atoms with Crippen LogP contribution in [-0.4, -0.2) is 24.1 Å². The Bertz CT molecular complexity index is 3710. The van der Waals surface area contributed by atoms with Gasteiger partial charge in [0.05, 0.1) is 22.2 Å². The Morgan fingerprint density at radius 1 is 0.484 bits per heavy atom. The molecule has 0 amide bonds. The van der Waals surface area contributed by atoms with E-state index in [1.807, 2.05) is 0 Å². The molecule has 0 saturated heterocycles. The van der Waals surface area contributed by atoms with Crippen LogP contribution in [0.4, 0.5) is 0 Å². The van der Waals surface area contributed by atoms with Gasteiger partial charge in [-0.1, -0.05) is 152 Å². The molecular formula is C56H37N5S. The lowest BCUT2D eigenvalue weighted by atomic mass is 10.0. The number of thiophene rings is 1. The van der Waals surface area contributed by atoms with Crippen molar-refractivity contribution in [2.24, 2.45) is 0 Å². The van der Waals surface area contributed by atoms with E-state index in [9.17, 15) is 0 Å². The Kier molecular flexibility index (Phi) is 7.90. The molecule has 0 unspecified atom stereocenters. The van der Waals surface area contributed by atoms with Gasteiger partial charge in [0.2, 0.25) is 0 Å². The number of hydrogen-bond donors (Lipinski definition) is 0. The molecule has 5 nitrogen and oxygen atoms in total. The van der Waals surface area contributed by atoms with E-state index < -0.39 is 0 Å². The first-order valence-corrected chi connectivity index (χ1v) is 22.1.